The second-order valence-electron chi connectivity index (χ2n) is 6.61. The average Bonchev–Trinajstić information content (AvgIpc) is 3.33. The van der Waals surface area contributed by atoms with Gasteiger partial charge in [0.2, 0.25) is 0 Å². The number of benzene rings is 3. The van der Waals surface area contributed by atoms with Crippen molar-refractivity contribution in [1.82, 2.24) is 5.43 Å². The second kappa shape index (κ2) is 9.69. The highest BCUT2D eigenvalue weighted by atomic mass is 32.1. The van der Waals surface area contributed by atoms with E-state index in [9.17, 15) is 9.59 Å². The van der Waals surface area contributed by atoms with E-state index < -0.39 is 5.97 Å². The molecule has 0 spiro atoms. The van der Waals surface area contributed by atoms with Crippen molar-refractivity contribution < 1.29 is 14.3 Å². The third-order valence-electron chi connectivity index (χ3n) is 4.42. The molecule has 4 rings (SSSR count). The summed E-state index contributed by atoms with van der Waals surface area (Å²) < 4.78 is 5.36. The van der Waals surface area contributed by atoms with Crippen LogP contribution in [-0.4, -0.2) is 24.6 Å². The Labute approximate surface area is 183 Å². The summed E-state index contributed by atoms with van der Waals surface area (Å²) in [5, 5.41) is 11.1. The monoisotopic (exact) mass is 429 g/mol. The molecule has 2 N–H and O–H groups in total. The number of hydrazone groups is 1. The van der Waals surface area contributed by atoms with Gasteiger partial charge in [-0.25, -0.2) is 10.2 Å². The molecule has 4 aromatic rings. The van der Waals surface area contributed by atoms with Crippen LogP contribution in [-0.2, 0) is 4.79 Å². The van der Waals surface area contributed by atoms with Gasteiger partial charge in [-0.1, -0.05) is 54.6 Å². The largest absolute Gasteiger partial charge is 0.422 e. The number of hydrogen-bond donors (Lipinski definition) is 2. The van der Waals surface area contributed by atoms with Crippen molar-refractivity contribution in [1.29, 1.82) is 0 Å². The summed E-state index contributed by atoms with van der Waals surface area (Å²) in [5.41, 5.74) is 4.07. The van der Waals surface area contributed by atoms with Gasteiger partial charge in [-0.05, 0) is 40.6 Å². The molecule has 1 heterocycles. The van der Waals surface area contributed by atoms with Crippen LogP contribution in [0.5, 0.6) is 5.75 Å². The molecule has 0 radical (unpaired) electrons. The molecular weight excluding hydrogens is 410 g/mol. The van der Waals surface area contributed by atoms with Gasteiger partial charge in [-0.15, -0.1) is 11.3 Å². The van der Waals surface area contributed by atoms with E-state index in [0.29, 0.717) is 16.2 Å². The smallest absolute Gasteiger partial charge is 0.353 e. The summed E-state index contributed by atoms with van der Waals surface area (Å²) in [7, 11) is 0. The van der Waals surface area contributed by atoms with Gasteiger partial charge in [-0.2, -0.15) is 5.10 Å². The highest BCUT2D eigenvalue weighted by Crippen LogP contribution is 2.22. The molecule has 154 valence electrons. The summed E-state index contributed by atoms with van der Waals surface area (Å²) in [6.07, 6.45) is 1.50. The van der Waals surface area contributed by atoms with Crippen LogP contribution in [0.25, 0.3) is 10.8 Å². The van der Waals surface area contributed by atoms with E-state index in [1.165, 1.54) is 17.6 Å². The minimum atomic E-state index is -0.406. The normalized spacial score (nSPS) is 10.8. The maximum Gasteiger partial charge on any atom is 0.353 e. The van der Waals surface area contributed by atoms with Crippen molar-refractivity contribution in [2.75, 3.05) is 11.9 Å². The van der Waals surface area contributed by atoms with Gasteiger partial charge in [0, 0.05) is 11.1 Å². The number of anilines is 1. The number of carbonyl (C=O) groups excluding carboxylic acids is 2. The van der Waals surface area contributed by atoms with Crippen LogP contribution in [0, 0.1) is 0 Å². The molecule has 0 aliphatic carbocycles. The summed E-state index contributed by atoms with van der Waals surface area (Å²) in [6, 6.07) is 24.3. The summed E-state index contributed by atoms with van der Waals surface area (Å²) in [6.45, 7) is 0.0871. The predicted molar refractivity (Wildman–Crippen MR) is 124 cm³/mol. The van der Waals surface area contributed by atoms with Gasteiger partial charge in [-0.3, -0.25) is 4.79 Å². The lowest BCUT2D eigenvalue weighted by Gasteiger charge is -2.08. The van der Waals surface area contributed by atoms with Crippen LogP contribution in [0.1, 0.15) is 15.2 Å². The van der Waals surface area contributed by atoms with E-state index in [-0.39, 0.29) is 12.5 Å². The van der Waals surface area contributed by atoms with Crippen molar-refractivity contribution >= 4 is 45.9 Å². The molecule has 0 bridgehead atoms. The van der Waals surface area contributed by atoms with Crippen LogP contribution in [0.4, 0.5) is 5.69 Å². The molecule has 0 saturated heterocycles. The number of esters is 1. The Morgan fingerprint density at radius 1 is 0.968 bits per heavy atom. The number of nitrogens with one attached hydrogen (secondary N) is 2. The number of rotatable bonds is 7. The Kier molecular flexibility index (Phi) is 6.35. The minimum absolute atomic E-state index is 0.0871. The van der Waals surface area contributed by atoms with E-state index in [2.05, 4.69) is 15.8 Å². The SMILES string of the molecule is O=C(CNc1cccc2ccccc12)NN=Cc1cccc(OC(=O)c2cccs2)c1. The Bertz CT molecular complexity index is 1230. The van der Waals surface area contributed by atoms with Crippen molar-refractivity contribution in [2.24, 2.45) is 5.10 Å². The molecule has 0 aliphatic heterocycles. The van der Waals surface area contributed by atoms with Crippen LogP contribution in [0.15, 0.2) is 89.3 Å². The molecule has 7 heteroatoms. The molecule has 0 unspecified atom stereocenters. The first-order valence-electron chi connectivity index (χ1n) is 9.58. The number of thiophene rings is 1. The van der Waals surface area contributed by atoms with E-state index >= 15 is 0 Å². The highest BCUT2D eigenvalue weighted by molar-refractivity contribution is 7.12. The number of ether oxygens (including phenoxy) is 1. The fraction of sp³-hybridized carbons (Fsp3) is 0.0417. The van der Waals surface area contributed by atoms with Gasteiger partial charge in [0.05, 0.1) is 12.8 Å². The molecule has 1 amide bonds. The van der Waals surface area contributed by atoms with Crippen molar-refractivity contribution in [3.8, 4) is 5.75 Å². The Morgan fingerprint density at radius 2 is 1.81 bits per heavy atom. The van der Waals surface area contributed by atoms with Gasteiger partial charge in [0.1, 0.15) is 10.6 Å². The summed E-state index contributed by atoms with van der Waals surface area (Å²) >= 11 is 1.32. The third-order valence-corrected chi connectivity index (χ3v) is 5.27. The topological polar surface area (TPSA) is 79.8 Å². The first-order chi connectivity index (χ1) is 15.2. The quantitative estimate of drug-likeness (QED) is 0.193. The van der Waals surface area contributed by atoms with Crippen LogP contribution >= 0.6 is 11.3 Å². The van der Waals surface area contributed by atoms with E-state index in [1.807, 2.05) is 47.8 Å². The van der Waals surface area contributed by atoms with Gasteiger partial charge < -0.3 is 10.1 Å². The number of nitrogens with zero attached hydrogens (tertiary/aromatic N) is 1. The fourth-order valence-electron chi connectivity index (χ4n) is 2.98. The van der Waals surface area contributed by atoms with Gasteiger partial charge in [0.25, 0.3) is 5.91 Å². The summed E-state index contributed by atoms with van der Waals surface area (Å²) in [4.78, 5) is 24.7. The van der Waals surface area contributed by atoms with Gasteiger partial charge in [0.15, 0.2) is 0 Å². The van der Waals surface area contributed by atoms with E-state index in [0.717, 1.165) is 16.5 Å². The third kappa shape index (κ3) is 5.34. The van der Waals surface area contributed by atoms with Crippen LogP contribution < -0.4 is 15.5 Å². The molecule has 3 aromatic carbocycles. The molecule has 0 atom stereocenters. The zero-order valence-corrected chi connectivity index (χ0v) is 17.3. The molecule has 6 nitrogen and oxygen atoms in total. The maximum absolute atomic E-state index is 12.1. The molecule has 1 aromatic heterocycles. The average molecular weight is 430 g/mol. The van der Waals surface area contributed by atoms with Crippen molar-refractivity contribution in [3.63, 3.8) is 0 Å². The lowest BCUT2D eigenvalue weighted by atomic mass is 10.1. The second-order valence-corrected chi connectivity index (χ2v) is 7.56. The zero-order chi connectivity index (χ0) is 21.5. The Hall–Kier alpha value is -3.97. The fourth-order valence-corrected chi connectivity index (χ4v) is 3.58. The Balaban J connectivity index is 1.31. The number of fused-ring (bicyclic) bond motifs is 1. The standard InChI is InChI=1S/C24H19N3O3S/c28-23(16-25-21-11-4-8-18-7-1-2-10-20(18)21)27-26-15-17-6-3-9-19(14-17)30-24(29)22-12-5-13-31-22/h1-15,25H,16H2,(H,27,28). The molecule has 0 aliphatic rings. The number of carbonyl (C=O) groups is 2. The zero-order valence-electron chi connectivity index (χ0n) is 16.4. The van der Waals surface area contributed by atoms with Crippen molar-refractivity contribution in [3.05, 3.63) is 94.7 Å². The minimum Gasteiger partial charge on any atom is -0.422 e. The Morgan fingerprint density at radius 3 is 2.68 bits per heavy atom. The molecule has 0 saturated carbocycles. The molecule has 0 fully saturated rings. The summed E-state index contributed by atoms with van der Waals surface area (Å²) in [5.74, 6) is -0.271. The lowest BCUT2D eigenvalue weighted by Crippen LogP contribution is -2.25. The predicted octanol–water partition coefficient (Wildman–Crippen LogP) is 4.68. The molecular formula is C24H19N3O3S. The van der Waals surface area contributed by atoms with E-state index in [4.69, 9.17) is 4.74 Å². The van der Waals surface area contributed by atoms with Crippen molar-refractivity contribution in [2.45, 2.75) is 0 Å². The number of hydrogen-bond acceptors (Lipinski definition) is 6. The highest BCUT2D eigenvalue weighted by Gasteiger charge is 2.09. The van der Waals surface area contributed by atoms with Crippen LogP contribution in [0.3, 0.4) is 0 Å². The maximum atomic E-state index is 12.1. The molecule has 31 heavy (non-hydrogen) atoms. The first-order valence-corrected chi connectivity index (χ1v) is 10.5. The van der Waals surface area contributed by atoms with Crippen LogP contribution in [0.2, 0.25) is 0 Å². The first kappa shape index (κ1) is 20.3. The lowest BCUT2D eigenvalue weighted by molar-refractivity contribution is -0.119. The number of amides is 1. The van der Waals surface area contributed by atoms with E-state index in [1.54, 1.807) is 36.4 Å². The van der Waals surface area contributed by atoms with Gasteiger partial charge >= 0.3 is 5.97 Å².